The molecular weight excluding hydrogens is 374 g/mol. The normalized spacial score (nSPS) is 42.4. The third-order valence-corrected chi connectivity index (χ3v) is 10.8. The topological polar surface area (TPSA) is 27.7 Å². The summed E-state index contributed by atoms with van der Waals surface area (Å²) in [5.41, 5.74) is 0. The fourth-order valence-corrected chi connectivity index (χ4v) is 15.1. The molecule has 0 N–H and O–H groups in total. The van der Waals surface area contributed by atoms with Gasteiger partial charge in [0.05, 0.1) is 10.7 Å². The average Bonchev–Trinajstić information content (AvgIpc) is 2.10. The van der Waals surface area contributed by atoms with Crippen LogP contribution in [0.25, 0.3) is 0 Å². The average molecular weight is 419 g/mol. The van der Waals surface area contributed by atoms with Gasteiger partial charge in [0.1, 0.15) is 0 Å². The van der Waals surface area contributed by atoms with Crippen LogP contribution in [-0.2, 0) is 14.2 Å². The maximum Gasteiger partial charge on any atom is 0.173 e. The highest BCUT2D eigenvalue weighted by Gasteiger charge is 2.66. The molecule has 0 spiro atoms. The van der Waals surface area contributed by atoms with E-state index in [1.54, 1.807) is 0 Å². The third-order valence-electron chi connectivity index (χ3n) is 5.17. The molecule has 4 aliphatic heterocycles. The van der Waals surface area contributed by atoms with Gasteiger partial charge in [0, 0.05) is 12.8 Å². The predicted octanol–water partition coefficient (Wildman–Crippen LogP) is 7.26. The maximum absolute atomic E-state index is 6.04. The quantitative estimate of drug-likeness (QED) is 0.387. The summed E-state index contributed by atoms with van der Waals surface area (Å²) in [5, 5.41) is 1.28. The Kier molecular flexibility index (Phi) is 5.89. The van der Waals surface area contributed by atoms with Crippen molar-refractivity contribution in [3.05, 3.63) is 0 Å². The van der Waals surface area contributed by atoms with Crippen LogP contribution in [0.4, 0.5) is 0 Å². The Labute approximate surface area is 171 Å². The van der Waals surface area contributed by atoms with Crippen LogP contribution < -0.4 is 0 Å². The van der Waals surface area contributed by atoms with Crippen LogP contribution in [0.15, 0.2) is 0 Å². The molecular formula is C22H44O3P2. The van der Waals surface area contributed by atoms with Crippen LogP contribution in [0.5, 0.6) is 0 Å². The molecule has 0 aromatic carbocycles. The lowest BCUT2D eigenvalue weighted by molar-refractivity contribution is -0.467. The predicted molar refractivity (Wildman–Crippen MR) is 121 cm³/mol. The molecule has 0 aromatic rings. The molecule has 0 aliphatic carbocycles. The molecule has 0 aromatic heterocycles. The van der Waals surface area contributed by atoms with Crippen LogP contribution in [0.2, 0.25) is 0 Å². The van der Waals surface area contributed by atoms with Gasteiger partial charge < -0.3 is 14.2 Å². The van der Waals surface area contributed by atoms with Crippen molar-refractivity contribution in [2.75, 3.05) is 0 Å². The van der Waals surface area contributed by atoms with Crippen molar-refractivity contribution in [1.82, 2.24) is 0 Å². The highest BCUT2D eigenvalue weighted by Crippen LogP contribution is 2.68. The summed E-state index contributed by atoms with van der Waals surface area (Å²) in [6.45, 7) is 29.9. The van der Waals surface area contributed by atoms with Gasteiger partial charge in [0.25, 0.3) is 0 Å². The van der Waals surface area contributed by atoms with Gasteiger partial charge in [-0.05, 0) is 43.2 Å². The second kappa shape index (κ2) is 6.62. The molecule has 160 valence electrons. The molecule has 4 fully saturated rings. The van der Waals surface area contributed by atoms with Crippen molar-refractivity contribution in [1.29, 1.82) is 0 Å². The van der Waals surface area contributed by atoms with E-state index in [9.17, 15) is 0 Å². The molecule has 3 nitrogen and oxygen atoms in total. The van der Waals surface area contributed by atoms with Crippen LogP contribution >= 0.6 is 16.5 Å². The summed E-state index contributed by atoms with van der Waals surface area (Å²) in [4.78, 5) is 0. The second-order valence-electron chi connectivity index (χ2n) is 12.4. The Morgan fingerprint density at radius 2 is 0.889 bits per heavy atom. The van der Waals surface area contributed by atoms with Crippen molar-refractivity contribution in [2.24, 2.45) is 0 Å². The molecule has 4 atom stereocenters. The molecule has 4 unspecified atom stereocenters. The Hall–Kier alpha value is 0.740. The number of hydrogen-bond acceptors (Lipinski definition) is 3. The van der Waals surface area contributed by atoms with Crippen molar-refractivity contribution >= 4 is 16.5 Å². The molecule has 5 heteroatoms. The number of ether oxygens (including phenoxy) is 3. The summed E-state index contributed by atoms with van der Waals surface area (Å²) in [5.74, 6) is -0.861. The molecule has 0 amide bonds. The van der Waals surface area contributed by atoms with E-state index in [1.165, 1.54) is 0 Å². The Morgan fingerprint density at radius 1 is 0.593 bits per heavy atom. The fraction of sp³-hybridized carbons (Fsp3) is 1.00. The van der Waals surface area contributed by atoms with Gasteiger partial charge in [0.2, 0.25) is 0 Å². The maximum atomic E-state index is 6.04. The lowest BCUT2D eigenvalue weighted by Crippen LogP contribution is -2.69. The molecule has 4 heterocycles. The molecule has 4 aliphatic rings. The fourth-order valence-electron chi connectivity index (χ4n) is 6.61. The monoisotopic (exact) mass is 418 g/mol. The summed E-state index contributed by atoms with van der Waals surface area (Å²) in [6, 6.07) is 0. The minimum Gasteiger partial charge on any atom is -0.339 e. The Balaban J connectivity index is 0.000000195. The van der Waals surface area contributed by atoms with Crippen molar-refractivity contribution in [3.8, 4) is 0 Å². The minimum atomic E-state index is -0.431. The molecule has 0 radical (unpaired) electrons. The Morgan fingerprint density at radius 3 is 1.07 bits per heavy atom. The van der Waals surface area contributed by atoms with Crippen LogP contribution in [0, 0.1) is 0 Å². The zero-order valence-electron chi connectivity index (χ0n) is 20.1. The van der Waals surface area contributed by atoms with Gasteiger partial charge in [-0.1, -0.05) is 78.8 Å². The first-order valence-electron chi connectivity index (χ1n) is 10.3. The first-order chi connectivity index (χ1) is 11.6. The summed E-state index contributed by atoms with van der Waals surface area (Å²) >= 11 is 0. The Bertz CT molecular complexity index is 439. The zero-order valence-corrected chi connectivity index (χ0v) is 22.0. The smallest absolute Gasteiger partial charge is 0.173 e. The molecule has 4 bridgehead atoms. The SMILES string of the molecule is CC(C)(C)P(C(C)(C)C)C(C)(C)C.CC12CC3(C)OC(C)(CC(C)(O1)P3)O2. The number of hydrogen-bond donors (Lipinski definition) is 0. The van der Waals surface area contributed by atoms with Gasteiger partial charge in [-0.15, -0.1) is 0 Å². The van der Waals surface area contributed by atoms with E-state index in [0.717, 1.165) is 12.8 Å². The van der Waals surface area contributed by atoms with Gasteiger partial charge in [-0.3, -0.25) is 0 Å². The van der Waals surface area contributed by atoms with Gasteiger partial charge in [-0.25, -0.2) is 0 Å². The van der Waals surface area contributed by atoms with Crippen molar-refractivity contribution in [3.63, 3.8) is 0 Å². The summed E-state index contributed by atoms with van der Waals surface area (Å²) in [7, 11) is 0.729. The minimum absolute atomic E-state index is 0.0162. The highest BCUT2D eigenvalue weighted by molar-refractivity contribution is 7.62. The van der Waals surface area contributed by atoms with Crippen molar-refractivity contribution < 1.29 is 14.2 Å². The molecule has 27 heavy (non-hydrogen) atoms. The first-order valence-corrected chi connectivity index (χ1v) is 12.7. The van der Waals surface area contributed by atoms with E-state index in [1.807, 2.05) is 13.8 Å². The van der Waals surface area contributed by atoms with Crippen molar-refractivity contribution in [2.45, 2.75) is 141 Å². The standard InChI is InChI=1S/C12H27P.C10H17O3P/c1-10(2,3)13(11(4,5)6)12(7,8)9;1-7-5-9(3)13-8(2,11-7)6-10(4,12-7)14-9/h1-9H3;14H,5-6H2,1-4H3. The molecule has 4 saturated heterocycles. The van der Waals surface area contributed by atoms with E-state index in [0.29, 0.717) is 24.0 Å². The summed E-state index contributed by atoms with van der Waals surface area (Å²) in [6.07, 6.45) is 1.70. The van der Waals surface area contributed by atoms with Gasteiger partial charge >= 0.3 is 0 Å². The highest BCUT2D eigenvalue weighted by atomic mass is 31.1. The first kappa shape index (κ1) is 24.0. The molecule has 0 saturated carbocycles. The molecule has 4 rings (SSSR count). The van der Waals surface area contributed by atoms with E-state index in [2.05, 4.69) is 76.2 Å². The van der Waals surface area contributed by atoms with E-state index in [4.69, 9.17) is 14.2 Å². The summed E-state index contributed by atoms with van der Waals surface area (Å²) < 4.78 is 18.0. The van der Waals surface area contributed by atoms with E-state index >= 15 is 0 Å². The van der Waals surface area contributed by atoms with Crippen LogP contribution in [0.1, 0.15) is 103 Å². The third kappa shape index (κ3) is 5.46. The van der Waals surface area contributed by atoms with E-state index < -0.39 is 11.6 Å². The largest absolute Gasteiger partial charge is 0.339 e. The van der Waals surface area contributed by atoms with Gasteiger partial charge in [0.15, 0.2) is 11.6 Å². The second-order valence-corrected chi connectivity index (χ2v) is 19.4. The number of rotatable bonds is 0. The van der Waals surface area contributed by atoms with Crippen LogP contribution in [-0.4, -0.2) is 37.7 Å². The van der Waals surface area contributed by atoms with Gasteiger partial charge in [-0.2, -0.15) is 0 Å². The lowest BCUT2D eigenvalue weighted by atomic mass is 9.98. The lowest BCUT2D eigenvalue weighted by Gasteiger charge is -2.66. The zero-order chi connectivity index (χ0) is 21.3. The van der Waals surface area contributed by atoms with E-state index in [-0.39, 0.29) is 18.6 Å². The van der Waals surface area contributed by atoms with Crippen LogP contribution in [0.3, 0.4) is 0 Å².